The van der Waals surface area contributed by atoms with Crippen molar-refractivity contribution < 1.29 is 0 Å². The van der Waals surface area contributed by atoms with Gasteiger partial charge in [0.2, 0.25) is 5.13 Å². The second kappa shape index (κ2) is 4.90. The quantitative estimate of drug-likeness (QED) is 0.843. The van der Waals surface area contributed by atoms with Gasteiger partial charge in [0.25, 0.3) is 0 Å². The zero-order valence-electron chi connectivity index (χ0n) is 9.36. The van der Waals surface area contributed by atoms with E-state index in [1.807, 2.05) is 0 Å². The van der Waals surface area contributed by atoms with Crippen molar-refractivity contribution in [3.63, 3.8) is 0 Å². The molecular weight excluding hydrogens is 208 g/mol. The molecule has 0 bridgehead atoms. The molecule has 2 rings (SSSR count). The molecule has 5 heteroatoms. The molecule has 0 amide bonds. The molecule has 1 saturated heterocycles. The molecule has 1 aromatic rings. The second-order valence-corrected chi connectivity index (χ2v) is 4.77. The summed E-state index contributed by atoms with van der Waals surface area (Å²) in [6.45, 7) is 7.50. The number of rotatable bonds is 3. The lowest BCUT2D eigenvalue weighted by Gasteiger charge is -2.31. The van der Waals surface area contributed by atoms with Crippen LogP contribution in [0.1, 0.15) is 26.1 Å². The minimum absolute atomic E-state index is 0.553. The molecule has 0 radical (unpaired) electrons. The van der Waals surface area contributed by atoms with Gasteiger partial charge in [-0.05, 0) is 13.3 Å². The van der Waals surface area contributed by atoms with Crippen molar-refractivity contribution in [2.24, 2.45) is 0 Å². The smallest absolute Gasteiger partial charge is 0.205 e. The molecule has 0 aliphatic carbocycles. The first-order chi connectivity index (χ1) is 7.29. The third-order valence-electron chi connectivity index (χ3n) is 2.57. The van der Waals surface area contributed by atoms with Crippen LogP contribution in [0, 0.1) is 0 Å². The van der Waals surface area contributed by atoms with Crippen LogP contribution in [0.2, 0.25) is 0 Å². The number of hydrogen-bond donors (Lipinski definition) is 1. The van der Waals surface area contributed by atoms with Crippen LogP contribution < -0.4 is 10.2 Å². The van der Waals surface area contributed by atoms with Crippen molar-refractivity contribution >= 4 is 16.7 Å². The maximum absolute atomic E-state index is 4.56. The molecule has 1 aliphatic heterocycles. The van der Waals surface area contributed by atoms with Crippen LogP contribution in [0.15, 0.2) is 0 Å². The Morgan fingerprint density at radius 1 is 1.60 bits per heavy atom. The van der Waals surface area contributed by atoms with Gasteiger partial charge in [0, 0.05) is 43.6 Å². The SMILES string of the molecule is CCCc1nsc(N2CCNC(C)C2)n1. The molecule has 1 aliphatic rings. The van der Waals surface area contributed by atoms with E-state index in [0.717, 1.165) is 43.4 Å². The Hall–Kier alpha value is -0.680. The average molecular weight is 226 g/mol. The van der Waals surface area contributed by atoms with E-state index >= 15 is 0 Å². The van der Waals surface area contributed by atoms with Gasteiger partial charge in [-0.2, -0.15) is 4.37 Å². The van der Waals surface area contributed by atoms with Gasteiger partial charge in [0.05, 0.1) is 0 Å². The summed E-state index contributed by atoms with van der Waals surface area (Å²) in [6, 6.07) is 0.553. The Bertz CT molecular complexity index is 312. The maximum Gasteiger partial charge on any atom is 0.205 e. The van der Waals surface area contributed by atoms with E-state index in [4.69, 9.17) is 0 Å². The number of nitrogens with one attached hydrogen (secondary N) is 1. The summed E-state index contributed by atoms with van der Waals surface area (Å²) >= 11 is 1.54. The van der Waals surface area contributed by atoms with Gasteiger partial charge >= 0.3 is 0 Å². The van der Waals surface area contributed by atoms with Crippen molar-refractivity contribution in [2.75, 3.05) is 24.5 Å². The lowest BCUT2D eigenvalue weighted by atomic mass is 10.2. The monoisotopic (exact) mass is 226 g/mol. The Kier molecular flexibility index (Phi) is 3.53. The zero-order chi connectivity index (χ0) is 10.7. The number of aromatic nitrogens is 2. The van der Waals surface area contributed by atoms with Crippen molar-refractivity contribution in [3.05, 3.63) is 5.82 Å². The third-order valence-corrected chi connectivity index (χ3v) is 3.39. The summed E-state index contributed by atoms with van der Waals surface area (Å²) in [6.07, 6.45) is 2.12. The van der Waals surface area contributed by atoms with Crippen LogP contribution in [0.3, 0.4) is 0 Å². The fourth-order valence-electron chi connectivity index (χ4n) is 1.80. The second-order valence-electron chi connectivity index (χ2n) is 4.04. The zero-order valence-corrected chi connectivity index (χ0v) is 10.2. The lowest BCUT2D eigenvalue weighted by Crippen LogP contribution is -2.49. The highest BCUT2D eigenvalue weighted by Crippen LogP contribution is 2.19. The predicted molar refractivity (Wildman–Crippen MR) is 63.6 cm³/mol. The van der Waals surface area contributed by atoms with E-state index in [-0.39, 0.29) is 0 Å². The Balaban J connectivity index is 2.01. The molecule has 0 aromatic carbocycles. The van der Waals surface area contributed by atoms with E-state index in [1.54, 1.807) is 0 Å². The van der Waals surface area contributed by atoms with Gasteiger partial charge in [-0.15, -0.1) is 0 Å². The topological polar surface area (TPSA) is 41.1 Å². The molecule has 1 aromatic heterocycles. The molecular formula is C10H18N4S. The lowest BCUT2D eigenvalue weighted by molar-refractivity contribution is 0.484. The maximum atomic E-state index is 4.56. The van der Waals surface area contributed by atoms with Crippen LogP contribution in [0.5, 0.6) is 0 Å². The first-order valence-electron chi connectivity index (χ1n) is 5.60. The van der Waals surface area contributed by atoms with E-state index in [2.05, 4.69) is 33.4 Å². The fourth-order valence-corrected chi connectivity index (χ4v) is 2.55. The summed E-state index contributed by atoms with van der Waals surface area (Å²) in [5.74, 6) is 1.00. The van der Waals surface area contributed by atoms with Crippen molar-refractivity contribution in [1.29, 1.82) is 0 Å². The minimum atomic E-state index is 0.553. The van der Waals surface area contributed by atoms with Crippen molar-refractivity contribution in [1.82, 2.24) is 14.7 Å². The predicted octanol–water partition coefficient (Wildman–Crippen LogP) is 1.29. The number of anilines is 1. The summed E-state index contributed by atoms with van der Waals surface area (Å²) in [4.78, 5) is 6.90. The van der Waals surface area contributed by atoms with Crippen molar-refractivity contribution in [2.45, 2.75) is 32.7 Å². The molecule has 1 N–H and O–H groups in total. The summed E-state index contributed by atoms with van der Waals surface area (Å²) in [5, 5.41) is 4.52. The molecule has 0 saturated carbocycles. The van der Waals surface area contributed by atoms with E-state index in [9.17, 15) is 0 Å². The van der Waals surface area contributed by atoms with Crippen LogP contribution in [0.4, 0.5) is 5.13 Å². The van der Waals surface area contributed by atoms with Crippen LogP contribution in [-0.2, 0) is 6.42 Å². The summed E-state index contributed by atoms with van der Waals surface area (Å²) in [5.41, 5.74) is 0. The van der Waals surface area contributed by atoms with Crippen LogP contribution in [0.25, 0.3) is 0 Å². The van der Waals surface area contributed by atoms with Crippen LogP contribution >= 0.6 is 11.5 Å². The normalized spacial score (nSPS) is 22.0. The highest BCUT2D eigenvalue weighted by atomic mass is 32.1. The largest absolute Gasteiger partial charge is 0.344 e. The third kappa shape index (κ3) is 2.66. The molecule has 15 heavy (non-hydrogen) atoms. The average Bonchev–Trinajstić information content (AvgIpc) is 2.67. The Morgan fingerprint density at radius 2 is 2.47 bits per heavy atom. The molecule has 4 nitrogen and oxygen atoms in total. The first-order valence-corrected chi connectivity index (χ1v) is 6.38. The standard InChI is InChI=1S/C10H18N4S/c1-3-4-9-12-10(15-13-9)14-6-5-11-8(2)7-14/h8,11H,3-7H2,1-2H3. The van der Waals surface area contributed by atoms with Gasteiger partial charge in [-0.3, -0.25) is 0 Å². The molecule has 0 spiro atoms. The Morgan fingerprint density at radius 3 is 3.20 bits per heavy atom. The van der Waals surface area contributed by atoms with Gasteiger partial charge in [-0.1, -0.05) is 6.92 Å². The van der Waals surface area contributed by atoms with Gasteiger partial charge in [0.15, 0.2) is 0 Å². The molecule has 84 valence electrons. The van der Waals surface area contributed by atoms with E-state index in [0.29, 0.717) is 6.04 Å². The highest BCUT2D eigenvalue weighted by Gasteiger charge is 2.18. The fraction of sp³-hybridized carbons (Fsp3) is 0.800. The van der Waals surface area contributed by atoms with Crippen LogP contribution in [-0.4, -0.2) is 35.0 Å². The molecule has 1 unspecified atom stereocenters. The van der Waals surface area contributed by atoms with Gasteiger partial charge in [-0.25, -0.2) is 4.98 Å². The van der Waals surface area contributed by atoms with E-state index < -0.39 is 0 Å². The summed E-state index contributed by atoms with van der Waals surface area (Å²) in [7, 11) is 0. The van der Waals surface area contributed by atoms with Gasteiger partial charge in [0.1, 0.15) is 5.82 Å². The number of piperazine rings is 1. The minimum Gasteiger partial charge on any atom is -0.344 e. The molecule has 2 heterocycles. The van der Waals surface area contributed by atoms with E-state index in [1.165, 1.54) is 11.5 Å². The highest BCUT2D eigenvalue weighted by molar-refractivity contribution is 7.09. The number of nitrogens with zero attached hydrogens (tertiary/aromatic N) is 3. The number of hydrogen-bond acceptors (Lipinski definition) is 5. The van der Waals surface area contributed by atoms with Gasteiger partial charge < -0.3 is 10.2 Å². The number of aryl methyl sites for hydroxylation is 1. The first kappa shape index (κ1) is 10.8. The molecule has 1 fully saturated rings. The molecule has 1 atom stereocenters. The Labute approximate surface area is 94.9 Å². The summed E-state index contributed by atoms with van der Waals surface area (Å²) < 4.78 is 4.37. The van der Waals surface area contributed by atoms with Crippen molar-refractivity contribution in [3.8, 4) is 0 Å².